The van der Waals surface area contributed by atoms with Gasteiger partial charge in [-0.05, 0) is 12.1 Å². The van der Waals surface area contributed by atoms with E-state index in [-0.39, 0.29) is 12.0 Å². The van der Waals surface area contributed by atoms with Crippen molar-refractivity contribution in [2.24, 2.45) is 0 Å². The van der Waals surface area contributed by atoms with E-state index in [9.17, 15) is 9.18 Å². The fraction of sp³-hybridized carbons (Fsp3) is 0.125. The maximum absolute atomic E-state index is 13.0. The SMILES string of the molecule is O=C(NCB(O)O)c1ccccc1F. The molecule has 0 unspecified atom stereocenters. The van der Waals surface area contributed by atoms with Gasteiger partial charge in [-0.2, -0.15) is 0 Å². The van der Waals surface area contributed by atoms with E-state index in [1.165, 1.54) is 18.2 Å². The number of halogens is 1. The predicted molar refractivity (Wildman–Crippen MR) is 48.9 cm³/mol. The highest BCUT2D eigenvalue weighted by molar-refractivity contribution is 6.41. The van der Waals surface area contributed by atoms with Gasteiger partial charge in [0, 0.05) is 0 Å². The lowest BCUT2D eigenvalue weighted by Gasteiger charge is -2.04. The largest absolute Gasteiger partial charge is 0.472 e. The minimum Gasteiger partial charge on any atom is -0.426 e. The van der Waals surface area contributed by atoms with Crippen molar-refractivity contribution in [3.05, 3.63) is 35.6 Å². The standard InChI is InChI=1S/C8H9BFNO3/c10-7-4-2-1-3-6(7)8(12)11-5-9(13)14/h1-4,13-14H,5H2,(H,11,12). The fourth-order valence-electron chi connectivity index (χ4n) is 0.925. The van der Waals surface area contributed by atoms with Crippen LogP contribution in [0.4, 0.5) is 4.39 Å². The molecule has 0 saturated carbocycles. The second-order valence-corrected chi connectivity index (χ2v) is 2.67. The van der Waals surface area contributed by atoms with E-state index in [1.807, 2.05) is 0 Å². The highest BCUT2D eigenvalue weighted by Gasteiger charge is 2.13. The van der Waals surface area contributed by atoms with Gasteiger partial charge in [-0.3, -0.25) is 4.79 Å². The van der Waals surface area contributed by atoms with Gasteiger partial charge in [0.2, 0.25) is 0 Å². The summed E-state index contributed by atoms with van der Waals surface area (Å²) in [6.07, 6.45) is -0.326. The molecule has 1 aromatic rings. The molecule has 1 amide bonds. The number of amides is 1. The molecular weight excluding hydrogens is 188 g/mol. The van der Waals surface area contributed by atoms with Gasteiger partial charge in [-0.25, -0.2) is 4.39 Å². The zero-order valence-corrected chi connectivity index (χ0v) is 7.27. The first kappa shape index (κ1) is 10.7. The van der Waals surface area contributed by atoms with Gasteiger partial charge in [-0.1, -0.05) is 12.1 Å². The van der Waals surface area contributed by atoms with Crippen LogP contribution >= 0.6 is 0 Å². The number of benzene rings is 1. The first-order chi connectivity index (χ1) is 6.61. The van der Waals surface area contributed by atoms with E-state index in [4.69, 9.17) is 10.0 Å². The molecular formula is C8H9BFNO3. The topological polar surface area (TPSA) is 69.6 Å². The van der Waals surface area contributed by atoms with Crippen LogP contribution in [-0.4, -0.2) is 29.5 Å². The summed E-state index contributed by atoms with van der Waals surface area (Å²) in [5, 5.41) is 19.1. The Morgan fingerprint density at radius 2 is 2.07 bits per heavy atom. The van der Waals surface area contributed by atoms with Crippen LogP contribution in [0.1, 0.15) is 10.4 Å². The molecule has 0 radical (unpaired) electrons. The second-order valence-electron chi connectivity index (χ2n) is 2.67. The van der Waals surface area contributed by atoms with Gasteiger partial charge >= 0.3 is 7.12 Å². The van der Waals surface area contributed by atoms with Crippen LogP contribution in [0.3, 0.4) is 0 Å². The molecule has 1 rings (SSSR count). The number of nitrogens with one attached hydrogen (secondary N) is 1. The molecule has 0 aliphatic carbocycles. The minimum absolute atomic E-state index is 0.117. The number of carbonyl (C=O) groups excluding carboxylic acids is 1. The lowest BCUT2D eigenvalue weighted by molar-refractivity contribution is 0.0952. The number of hydrogen-bond acceptors (Lipinski definition) is 3. The van der Waals surface area contributed by atoms with Gasteiger partial charge in [0.15, 0.2) is 0 Å². The van der Waals surface area contributed by atoms with Crippen LogP contribution in [0.25, 0.3) is 0 Å². The van der Waals surface area contributed by atoms with Crippen molar-refractivity contribution in [2.75, 3.05) is 6.44 Å². The molecule has 0 aliphatic rings. The van der Waals surface area contributed by atoms with E-state index in [1.54, 1.807) is 0 Å². The van der Waals surface area contributed by atoms with E-state index >= 15 is 0 Å². The summed E-state index contributed by atoms with van der Waals surface area (Å²) in [4.78, 5) is 11.2. The van der Waals surface area contributed by atoms with Crippen LogP contribution in [0.2, 0.25) is 0 Å². The molecule has 14 heavy (non-hydrogen) atoms. The first-order valence-corrected chi connectivity index (χ1v) is 4.00. The second kappa shape index (κ2) is 4.73. The maximum Gasteiger partial charge on any atom is 0.472 e. The third kappa shape index (κ3) is 2.83. The molecule has 0 aliphatic heterocycles. The summed E-state index contributed by atoms with van der Waals surface area (Å²) in [5.41, 5.74) is -0.117. The zero-order valence-electron chi connectivity index (χ0n) is 7.27. The van der Waals surface area contributed by atoms with E-state index in [0.29, 0.717) is 0 Å². The molecule has 0 bridgehead atoms. The Kier molecular flexibility index (Phi) is 3.61. The molecule has 0 spiro atoms. The lowest BCUT2D eigenvalue weighted by Crippen LogP contribution is -2.35. The molecule has 1 aromatic carbocycles. The van der Waals surface area contributed by atoms with Crippen LogP contribution in [0.15, 0.2) is 24.3 Å². The molecule has 6 heteroatoms. The Hall–Kier alpha value is -1.40. The summed E-state index contributed by atoms with van der Waals surface area (Å²) in [6, 6.07) is 5.46. The monoisotopic (exact) mass is 197 g/mol. The Bertz CT molecular complexity index is 332. The Labute approximate surface area is 80.5 Å². The number of rotatable bonds is 3. The van der Waals surface area contributed by atoms with Crippen molar-refractivity contribution < 1.29 is 19.2 Å². The van der Waals surface area contributed by atoms with Crippen molar-refractivity contribution in [2.45, 2.75) is 0 Å². The van der Waals surface area contributed by atoms with Crippen molar-refractivity contribution >= 4 is 13.0 Å². The van der Waals surface area contributed by atoms with Crippen molar-refractivity contribution in [3.8, 4) is 0 Å². The van der Waals surface area contributed by atoms with Crippen molar-refractivity contribution in [1.29, 1.82) is 0 Å². The molecule has 0 atom stereocenters. The minimum atomic E-state index is -1.63. The zero-order chi connectivity index (χ0) is 10.6. The molecule has 74 valence electrons. The summed E-state index contributed by atoms with van der Waals surface area (Å²) >= 11 is 0. The number of hydrogen-bond donors (Lipinski definition) is 3. The average Bonchev–Trinajstić information content (AvgIpc) is 2.15. The summed E-state index contributed by atoms with van der Waals surface area (Å²) in [7, 11) is -1.63. The van der Waals surface area contributed by atoms with Crippen LogP contribution < -0.4 is 5.32 Å². The normalized spacial score (nSPS) is 9.64. The Morgan fingerprint density at radius 3 is 2.64 bits per heavy atom. The quantitative estimate of drug-likeness (QED) is 0.575. The van der Waals surface area contributed by atoms with Crippen LogP contribution in [-0.2, 0) is 0 Å². The Morgan fingerprint density at radius 1 is 1.43 bits per heavy atom. The smallest absolute Gasteiger partial charge is 0.426 e. The summed E-state index contributed by atoms with van der Waals surface area (Å²) in [6.45, 7) is 0. The van der Waals surface area contributed by atoms with Crippen LogP contribution in [0.5, 0.6) is 0 Å². The predicted octanol–water partition coefficient (Wildman–Crippen LogP) is -0.433. The van der Waals surface area contributed by atoms with Crippen molar-refractivity contribution in [3.63, 3.8) is 0 Å². The maximum atomic E-state index is 13.0. The molecule has 0 heterocycles. The summed E-state index contributed by atoms with van der Waals surface area (Å²) in [5.74, 6) is -1.31. The average molecular weight is 197 g/mol. The Balaban J connectivity index is 2.65. The molecule has 0 fully saturated rings. The lowest BCUT2D eigenvalue weighted by atomic mass is 9.92. The van der Waals surface area contributed by atoms with Crippen molar-refractivity contribution in [1.82, 2.24) is 5.32 Å². The third-order valence-electron chi connectivity index (χ3n) is 1.56. The van der Waals surface area contributed by atoms with Gasteiger partial charge < -0.3 is 15.4 Å². The van der Waals surface area contributed by atoms with E-state index < -0.39 is 18.8 Å². The van der Waals surface area contributed by atoms with Gasteiger partial charge in [0.1, 0.15) is 5.82 Å². The highest BCUT2D eigenvalue weighted by atomic mass is 19.1. The van der Waals surface area contributed by atoms with E-state index in [0.717, 1.165) is 6.07 Å². The molecule has 0 aromatic heterocycles. The fourth-order valence-corrected chi connectivity index (χ4v) is 0.925. The van der Waals surface area contributed by atoms with Crippen LogP contribution in [0, 0.1) is 5.82 Å². The van der Waals surface area contributed by atoms with Gasteiger partial charge in [0.25, 0.3) is 5.91 Å². The third-order valence-corrected chi connectivity index (χ3v) is 1.56. The molecule has 3 N–H and O–H groups in total. The van der Waals surface area contributed by atoms with E-state index in [2.05, 4.69) is 5.32 Å². The molecule has 0 saturated heterocycles. The molecule has 4 nitrogen and oxygen atoms in total. The van der Waals surface area contributed by atoms with Gasteiger partial charge in [0.05, 0.1) is 12.0 Å². The number of carbonyl (C=O) groups is 1. The highest BCUT2D eigenvalue weighted by Crippen LogP contribution is 2.05. The summed E-state index contributed by atoms with van der Waals surface area (Å²) < 4.78 is 13.0. The van der Waals surface area contributed by atoms with Gasteiger partial charge in [-0.15, -0.1) is 0 Å². The first-order valence-electron chi connectivity index (χ1n) is 4.00.